The van der Waals surface area contributed by atoms with Gasteiger partial charge in [0.15, 0.2) is 5.60 Å². The summed E-state index contributed by atoms with van der Waals surface area (Å²) in [5.74, 6) is 0.567. The summed E-state index contributed by atoms with van der Waals surface area (Å²) in [6.07, 6.45) is 2.50. The van der Waals surface area contributed by atoms with Gasteiger partial charge in [0.25, 0.3) is 5.91 Å². The van der Waals surface area contributed by atoms with Gasteiger partial charge in [-0.05, 0) is 51.0 Å². The summed E-state index contributed by atoms with van der Waals surface area (Å²) in [5.41, 5.74) is -0.975. The number of rotatable bonds is 5. The van der Waals surface area contributed by atoms with Crippen molar-refractivity contribution in [3.8, 4) is 5.75 Å². The van der Waals surface area contributed by atoms with Gasteiger partial charge in [0.2, 0.25) is 0 Å². The Kier molecular flexibility index (Phi) is 5.12. The third-order valence-corrected chi connectivity index (χ3v) is 4.13. The molecule has 2 N–H and O–H groups in total. The van der Waals surface area contributed by atoms with Crippen LogP contribution in [0.4, 0.5) is 0 Å². The van der Waals surface area contributed by atoms with Crippen LogP contribution in [0.3, 0.4) is 0 Å². The van der Waals surface area contributed by atoms with E-state index >= 15 is 0 Å². The van der Waals surface area contributed by atoms with E-state index < -0.39 is 5.60 Å². The van der Waals surface area contributed by atoms with Crippen LogP contribution >= 0.6 is 11.6 Å². The first-order valence-electron chi connectivity index (χ1n) is 7.29. The molecule has 0 aliphatic heterocycles. The van der Waals surface area contributed by atoms with E-state index in [0.717, 1.165) is 19.3 Å². The van der Waals surface area contributed by atoms with Gasteiger partial charge in [0, 0.05) is 17.5 Å². The van der Waals surface area contributed by atoms with Crippen LogP contribution in [0, 0.1) is 5.92 Å². The lowest BCUT2D eigenvalue weighted by atomic mass is 10.0. The largest absolute Gasteiger partial charge is 0.478 e. The van der Waals surface area contributed by atoms with Gasteiger partial charge in [0.1, 0.15) is 5.75 Å². The predicted molar refractivity (Wildman–Crippen MR) is 82.5 cm³/mol. The van der Waals surface area contributed by atoms with E-state index in [1.54, 1.807) is 38.1 Å². The number of halogens is 1. The van der Waals surface area contributed by atoms with Gasteiger partial charge in [0.05, 0.1) is 6.10 Å². The minimum atomic E-state index is -0.975. The highest BCUT2D eigenvalue weighted by Crippen LogP contribution is 2.25. The summed E-state index contributed by atoms with van der Waals surface area (Å²) in [7, 11) is 0. The average molecular weight is 312 g/mol. The van der Waals surface area contributed by atoms with E-state index in [4.69, 9.17) is 16.3 Å². The Labute approximate surface area is 130 Å². The van der Waals surface area contributed by atoms with Crippen LogP contribution in [0.15, 0.2) is 24.3 Å². The SMILES string of the molecule is CC(C)(Oc1ccc(Cl)cc1)C(=O)NCC1CCCC1O. The van der Waals surface area contributed by atoms with E-state index in [0.29, 0.717) is 17.3 Å². The lowest BCUT2D eigenvalue weighted by Crippen LogP contribution is -2.48. The molecule has 5 heteroatoms. The zero-order valence-corrected chi connectivity index (χ0v) is 13.2. The topological polar surface area (TPSA) is 58.6 Å². The van der Waals surface area contributed by atoms with Crippen molar-refractivity contribution < 1.29 is 14.6 Å². The fourth-order valence-corrected chi connectivity index (χ4v) is 2.66. The summed E-state index contributed by atoms with van der Waals surface area (Å²) < 4.78 is 5.73. The van der Waals surface area contributed by atoms with Gasteiger partial charge in [-0.15, -0.1) is 0 Å². The van der Waals surface area contributed by atoms with E-state index in [2.05, 4.69) is 5.32 Å². The molecule has 0 saturated heterocycles. The van der Waals surface area contributed by atoms with Gasteiger partial charge < -0.3 is 15.2 Å². The number of aliphatic hydroxyl groups is 1. The molecule has 2 unspecified atom stereocenters. The Morgan fingerprint density at radius 2 is 2.05 bits per heavy atom. The Balaban J connectivity index is 1.88. The Bertz CT molecular complexity index is 487. The summed E-state index contributed by atoms with van der Waals surface area (Å²) in [6.45, 7) is 3.94. The molecule has 2 atom stereocenters. The maximum atomic E-state index is 12.3. The number of nitrogens with one attached hydrogen (secondary N) is 1. The normalized spacial score (nSPS) is 22.1. The van der Waals surface area contributed by atoms with Gasteiger partial charge in [-0.2, -0.15) is 0 Å². The Morgan fingerprint density at radius 3 is 2.62 bits per heavy atom. The van der Waals surface area contributed by atoms with Crippen LogP contribution < -0.4 is 10.1 Å². The third kappa shape index (κ3) is 4.35. The minimum Gasteiger partial charge on any atom is -0.478 e. The molecule has 1 aliphatic carbocycles. The average Bonchev–Trinajstić information content (AvgIpc) is 2.84. The summed E-state index contributed by atoms with van der Waals surface area (Å²) in [6, 6.07) is 6.91. The number of ether oxygens (including phenoxy) is 1. The maximum absolute atomic E-state index is 12.3. The number of aliphatic hydroxyl groups excluding tert-OH is 1. The fourth-order valence-electron chi connectivity index (χ4n) is 2.54. The number of carbonyl (C=O) groups excluding carboxylic acids is 1. The van der Waals surface area contributed by atoms with Crippen molar-refractivity contribution in [3.05, 3.63) is 29.3 Å². The Hall–Kier alpha value is -1.26. The molecule has 0 spiro atoms. The predicted octanol–water partition coefficient (Wildman–Crippen LogP) is 2.77. The van der Waals surface area contributed by atoms with E-state index in [9.17, 15) is 9.90 Å². The molecule has 4 nitrogen and oxygen atoms in total. The lowest BCUT2D eigenvalue weighted by molar-refractivity contribution is -0.134. The number of hydrogen-bond acceptors (Lipinski definition) is 3. The first-order valence-corrected chi connectivity index (χ1v) is 7.67. The summed E-state index contributed by atoms with van der Waals surface area (Å²) in [5, 5.41) is 13.3. The van der Waals surface area contributed by atoms with Gasteiger partial charge in [-0.3, -0.25) is 4.79 Å². The lowest BCUT2D eigenvalue weighted by Gasteiger charge is -2.26. The second kappa shape index (κ2) is 6.67. The number of hydrogen-bond donors (Lipinski definition) is 2. The molecule has 1 aromatic rings. The molecule has 0 radical (unpaired) electrons. The number of amides is 1. The van der Waals surface area contributed by atoms with Crippen LogP contribution in [-0.4, -0.2) is 29.3 Å². The van der Waals surface area contributed by atoms with Crippen LogP contribution in [0.5, 0.6) is 5.75 Å². The second-order valence-electron chi connectivity index (χ2n) is 6.03. The molecule has 1 aliphatic rings. The third-order valence-electron chi connectivity index (χ3n) is 3.88. The van der Waals surface area contributed by atoms with Crippen LogP contribution in [0.2, 0.25) is 5.02 Å². The van der Waals surface area contributed by atoms with E-state index in [1.807, 2.05) is 0 Å². The first kappa shape index (κ1) is 16.1. The molecule has 0 bridgehead atoms. The van der Waals surface area contributed by atoms with Crippen molar-refractivity contribution in [1.29, 1.82) is 0 Å². The molecular formula is C16H22ClNO3. The van der Waals surface area contributed by atoms with Crippen molar-refractivity contribution in [1.82, 2.24) is 5.32 Å². The molecule has 0 aromatic heterocycles. The quantitative estimate of drug-likeness (QED) is 0.879. The highest BCUT2D eigenvalue weighted by molar-refractivity contribution is 6.30. The van der Waals surface area contributed by atoms with Crippen LogP contribution in [0.1, 0.15) is 33.1 Å². The molecule has 116 valence electrons. The van der Waals surface area contributed by atoms with Gasteiger partial charge >= 0.3 is 0 Å². The van der Waals surface area contributed by atoms with Crippen molar-refractivity contribution in [2.24, 2.45) is 5.92 Å². The van der Waals surface area contributed by atoms with Crippen molar-refractivity contribution in [2.75, 3.05) is 6.54 Å². The summed E-state index contributed by atoms with van der Waals surface area (Å²) in [4.78, 5) is 12.3. The standard InChI is InChI=1S/C16H22ClNO3/c1-16(2,21-13-8-6-12(17)7-9-13)15(20)18-10-11-4-3-5-14(11)19/h6-9,11,14,19H,3-5,10H2,1-2H3,(H,18,20). The van der Waals surface area contributed by atoms with Crippen molar-refractivity contribution >= 4 is 17.5 Å². The molecule has 1 fully saturated rings. The molecule has 1 amide bonds. The zero-order valence-electron chi connectivity index (χ0n) is 12.4. The van der Waals surface area contributed by atoms with Crippen molar-refractivity contribution in [2.45, 2.75) is 44.8 Å². The zero-order chi connectivity index (χ0) is 15.5. The van der Waals surface area contributed by atoms with Crippen LogP contribution in [-0.2, 0) is 4.79 Å². The summed E-state index contributed by atoms with van der Waals surface area (Å²) >= 11 is 5.82. The molecule has 21 heavy (non-hydrogen) atoms. The monoisotopic (exact) mass is 311 g/mol. The first-order chi connectivity index (χ1) is 9.88. The van der Waals surface area contributed by atoms with E-state index in [-0.39, 0.29) is 17.9 Å². The van der Waals surface area contributed by atoms with Crippen molar-refractivity contribution in [3.63, 3.8) is 0 Å². The fraction of sp³-hybridized carbons (Fsp3) is 0.562. The van der Waals surface area contributed by atoms with E-state index in [1.165, 1.54) is 0 Å². The molecule has 1 saturated carbocycles. The molecular weight excluding hydrogens is 290 g/mol. The molecule has 2 rings (SSSR count). The van der Waals surface area contributed by atoms with Crippen LogP contribution in [0.25, 0.3) is 0 Å². The number of benzene rings is 1. The minimum absolute atomic E-state index is 0.153. The number of carbonyl (C=O) groups is 1. The second-order valence-corrected chi connectivity index (χ2v) is 6.47. The van der Waals surface area contributed by atoms with Gasteiger partial charge in [-0.1, -0.05) is 18.0 Å². The molecule has 1 aromatic carbocycles. The molecule has 0 heterocycles. The Morgan fingerprint density at radius 1 is 1.38 bits per heavy atom. The smallest absolute Gasteiger partial charge is 0.263 e. The van der Waals surface area contributed by atoms with Gasteiger partial charge in [-0.25, -0.2) is 0 Å². The highest BCUT2D eigenvalue weighted by Gasteiger charge is 2.32. The maximum Gasteiger partial charge on any atom is 0.263 e. The highest BCUT2D eigenvalue weighted by atomic mass is 35.5.